The Balaban J connectivity index is 1.79. The summed E-state index contributed by atoms with van der Waals surface area (Å²) in [5.74, 6) is -2.13. The van der Waals surface area contributed by atoms with Crippen LogP contribution in [0.15, 0.2) is 18.2 Å². The first-order valence-electron chi connectivity index (χ1n) is 9.50. The summed E-state index contributed by atoms with van der Waals surface area (Å²) in [7, 11) is 0. The summed E-state index contributed by atoms with van der Waals surface area (Å²) >= 11 is 0. The maximum Gasteiger partial charge on any atom is 0.275 e. The fraction of sp³-hybridized carbons (Fsp3) is 0.500. The Morgan fingerprint density at radius 1 is 1.30 bits per heavy atom. The number of hydrogen-bond acceptors (Lipinski definition) is 3. The van der Waals surface area contributed by atoms with Crippen LogP contribution >= 0.6 is 0 Å². The first-order chi connectivity index (χ1) is 13.0. The molecule has 7 heteroatoms. The van der Waals surface area contributed by atoms with Crippen molar-refractivity contribution in [2.24, 2.45) is 0 Å². The molecule has 1 aromatic heterocycles. The summed E-state index contributed by atoms with van der Waals surface area (Å²) < 4.78 is 29.4. The molecule has 144 valence electrons. The largest absolute Gasteiger partial charge is 0.394 e. The average molecular weight is 375 g/mol. The van der Waals surface area contributed by atoms with Crippen LogP contribution < -0.4 is 0 Å². The van der Waals surface area contributed by atoms with E-state index in [-0.39, 0.29) is 18.2 Å². The molecule has 1 atom stereocenters. The molecule has 1 amide bonds. The second-order valence-corrected chi connectivity index (χ2v) is 7.41. The van der Waals surface area contributed by atoms with Crippen molar-refractivity contribution in [3.8, 4) is 5.69 Å². The van der Waals surface area contributed by atoms with E-state index < -0.39 is 17.2 Å². The van der Waals surface area contributed by atoms with Gasteiger partial charge in [0, 0.05) is 17.8 Å². The number of aliphatic hydroxyl groups is 1. The summed E-state index contributed by atoms with van der Waals surface area (Å²) in [6.45, 7) is 2.45. The topological polar surface area (TPSA) is 58.4 Å². The van der Waals surface area contributed by atoms with Gasteiger partial charge in [-0.15, -0.1) is 0 Å². The highest BCUT2D eigenvalue weighted by Gasteiger charge is 2.44. The zero-order valence-electron chi connectivity index (χ0n) is 15.3. The fourth-order valence-electron chi connectivity index (χ4n) is 4.49. The number of hydrogen-bond donors (Lipinski definition) is 1. The van der Waals surface area contributed by atoms with Gasteiger partial charge in [-0.3, -0.25) is 4.79 Å². The minimum absolute atomic E-state index is 0.0255. The third-order valence-electron chi connectivity index (χ3n) is 6.09. The average Bonchev–Trinajstić information content (AvgIpc) is 3.38. The standard InChI is InChI=1S/C20H23F2N3O2/c1-2-20(12-26)10-5-11-24(20)19(27)18-13-6-3-8-15(13)25(23-18)16-9-4-7-14(21)17(16)22/h4,7,9,26H,2-3,5-6,8,10-12H2,1H3. The van der Waals surface area contributed by atoms with Crippen LogP contribution in [0.3, 0.4) is 0 Å². The molecule has 1 aliphatic carbocycles. The molecule has 4 rings (SSSR count). The van der Waals surface area contributed by atoms with Crippen molar-refractivity contribution in [2.45, 2.75) is 51.0 Å². The van der Waals surface area contributed by atoms with E-state index in [0.29, 0.717) is 31.5 Å². The van der Waals surface area contributed by atoms with Crippen LogP contribution in [-0.4, -0.2) is 44.4 Å². The van der Waals surface area contributed by atoms with E-state index in [4.69, 9.17) is 0 Å². The Morgan fingerprint density at radius 2 is 2.11 bits per heavy atom. The van der Waals surface area contributed by atoms with Crippen molar-refractivity contribution in [3.05, 3.63) is 46.8 Å². The van der Waals surface area contributed by atoms with E-state index in [9.17, 15) is 18.7 Å². The zero-order chi connectivity index (χ0) is 19.2. The quantitative estimate of drug-likeness (QED) is 0.894. The predicted molar refractivity (Wildman–Crippen MR) is 95.9 cm³/mol. The number of carbonyl (C=O) groups excluding carboxylic acids is 1. The van der Waals surface area contributed by atoms with Gasteiger partial charge in [0.25, 0.3) is 5.91 Å². The number of carbonyl (C=O) groups is 1. The Morgan fingerprint density at radius 3 is 2.85 bits per heavy atom. The molecular formula is C20H23F2N3O2. The monoisotopic (exact) mass is 375 g/mol. The summed E-state index contributed by atoms with van der Waals surface area (Å²) in [4.78, 5) is 15.0. The molecule has 2 heterocycles. The Labute approximate surface area is 156 Å². The number of aliphatic hydroxyl groups excluding tert-OH is 1. The lowest BCUT2D eigenvalue weighted by atomic mass is 9.93. The van der Waals surface area contributed by atoms with E-state index in [2.05, 4.69) is 5.10 Å². The first-order valence-corrected chi connectivity index (χ1v) is 9.50. The van der Waals surface area contributed by atoms with Gasteiger partial charge in [0.05, 0.1) is 12.1 Å². The zero-order valence-corrected chi connectivity index (χ0v) is 15.3. The number of likely N-dealkylation sites (tertiary alicyclic amines) is 1. The number of nitrogens with zero attached hydrogens (tertiary/aromatic N) is 3. The number of fused-ring (bicyclic) bond motifs is 1. The van der Waals surface area contributed by atoms with Crippen molar-refractivity contribution in [1.82, 2.24) is 14.7 Å². The molecule has 0 radical (unpaired) electrons. The second-order valence-electron chi connectivity index (χ2n) is 7.41. The SMILES string of the molecule is CCC1(CO)CCCN1C(=O)c1nn(-c2cccc(F)c2F)c2c1CCC2. The second kappa shape index (κ2) is 6.71. The predicted octanol–water partition coefficient (Wildman–Crippen LogP) is 3.02. The van der Waals surface area contributed by atoms with E-state index in [0.717, 1.165) is 36.6 Å². The molecule has 1 unspecified atom stereocenters. The number of halogens is 2. The van der Waals surface area contributed by atoms with E-state index in [1.165, 1.54) is 16.8 Å². The van der Waals surface area contributed by atoms with Crippen LogP contribution in [0.1, 0.15) is 54.4 Å². The van der Waals surface area contributed by atoms with Crippen LogP contribution in [0, 0.1) is 11.6 Å². The number of rotatable bonds is 4. The minimum atomic E-state index is -0.965. The maximum absolute atomic E-state index is 14.3. The highest BCUT2D eigenvalue weighted by Crippen LogP contribution is 2.36. The van der Waals surface area contributed by atoms with E-state index in [1.807, 2.05) is 6.92 Å². The van der Waals surface area contributed by atoms with E-state index in [1.54, 1.807) is 4.90 Å². The van der Waals surface area contributed by atoms with Crippen LogP contribution in [0.25, 0.3) is 5.69 Å². The van der Waals surface area contributed by atoms with Crippen molar-refractivity contribution >= 4 is 5.91 Å². The van der Waals surface area contributed by atoms with Gasteiger partial charge < -0.3 is 10.0 Å². The Hall–Kier alpha value is -2.28. The van der Waals surface area contributed by atoms with Crippen LogP contribution in [0.5, 0.6) is 0 Å². The molecule has 0 saturated carbocycles. The summed E-state index contributed by atoms with van der Waals surface area (Å²) in [6, 6.07) is 3.97. The minimum Gasteiger partial charge on any atom is -0.394 e. The molecule has 0 spiro atoms. The molecule has 0 bridgehead atoms. The van der Waals surface area contributed by atoms with Gasteiger partial charge in [-0.25, -0.2) is 13.5 Å². The fourth-order valence-corrected chi connectivity index (χ4v) is 4.49. The third kappa shape index (κ3) is 2.67. The van der Waals surface area contributed by atoms with Crippen molar-refractivity contribution in [2.75, 3.05) is 13.2 Å². The van der Waals surface area contributed by atoms with Gasteiger partial charge in [-0.2, -0.15) is 5.10 Å². The molecule has 1 N–H and O–H groups in total. The van der Waals surface area contributed by atoms with Crippen molar-refractivity contribution in [3.63, 3.8) is 0 Å². The third-order valence-corrected chi connectivity index (χ3v) is 6.09. The van der Waals surface area contributed by atoms with Gasteiger partial charge >= 0.3 is 0 Å². The lowest BCUT2D eigenvalue weighted by Gasteiger charge is -2.36. The molecule has 27 heavy (non-hydrogen) atoms. The molecular weight excluding hydrogens is 352 g/mol. The van der Waals surface area contributed by atoms with Gasteiger partial charge in [0.15, 0.2) is 17.3 Å². The van der Waals surface area contributed by atoms with Gasteiger partial charge in [0.2, 0.25) is 0 Å². The summed E-state index contributed by atoms with van der Waals surface area (Å²) in [5.41, 5.74) is 1.36. The lowest BCUT2D eigenvalue weighted by molar-refractivity contribution is 0.0391. The van der Waals surface area contributed by atoms with Gasteiger partial charge in [-0.05, 0) is 50.7 Å². The van der Waals surface area contributed by atoms with Crippen LogP contribution in [0.4, 0.5) is 8.78 Å². The smallest absolute Gasteiger partial charge is 0.275 e. The molecule has 2 aliphatic rings. The van der Waals surface area contributed by atoms with Crippen LogP contribution in [-0.2, 0) is 12.8 Å². The molecule has 5 nitrogen and oxygen atoms in total. The molecule has 1 saturated heterocycles. The van der Waals surface area contributed by atoms with Gasteiger partial charge in [-0.1, -0.05) is 13.0 Å². The Bertz CT molecular complexity index is 890. The Kier molecular flexibility index (Phi) is 4.50. The highest BCUT2D eigenvalue weighted by atomic mass is 19.2. The number of amides is 1. The lowest BCUT2D eigenvalue weighted by Crippen LogP contribution is -2.49. The molecule has 2 aromatic rings. The van der Waals surface area contributed by atoms with E-state index >= 15 is 0 Å². The van der Waals surface area contributed by atoms with Crippen molar-refractivity contribution in [1.29, 1.82) is 0 Å². The summed E-state index contributed by atoms with van der Waals surface area (Å²) in [5, 5.41) is 14.3. The van der Waals surface area contributed by atoms with Crippen LogP contribution in [0.2, 0.25) is 0 Å². The summed E-state index contributed by atoms with van der Waals surface area (Å²) in [6.07, 6.45) is 4.47. The number of aromatic nitrogens is 2. The molecule has 1 fully saturated rings. The van der Waals surface area contributed by atoms with Gasteiger partial charge in [0.1, 0.15) is 5.69 Å². The van der Waals surface area contributed by atoms with Crippen molar-refractivity contribution < 1.29 is 18.7 Å². The number of benzene rings is 1. The highest BCUT2D eigenvalue weighted by molar-refractivity contribution is 5.95. The maximum atomic E-state index is 14.3. The molecule has 1 aliphatic heterocycles. The molecule has 1 aromatic carbocycles. The first kappa shape index (κ1) is 18.1. The normalized spacial score (nSPS) is 21.7.